The van der Waals surface area contributed by atoms with E-state index in [1.165, 1.54) is 14.2 Å². The second-order valence-electron chi connectivity index (χ2n) is 3.92. The first-order valence-corrected chi connectivity index (χ1v) is 6.78. The summed E-state index contributed by atoms with van der Waals surface area (Å²) in [6, 6.07) is 7.69. The molecule has 0 aliphatic carbocycles. The number of aryl methyl sites for hydroxylation is 1. The van der Waals surface area contributed by atoms with Gasteiger partial charge >= 0.3 is 10.2 Å². The molecule has 0 atom stereocenters. The molecule has 0 saturated carbocycles. The minimum Gasteiger partial charge on any atom is -0.256 e. The molecule has 0 unspecified atom stereocenters. The van der Waals surface area contributed by atoms with Gasteiger partial charge in [-0.25, -0.2) is 0 Å². The Labute approximate surface area is 96.7 Å². The molecule has 0 N–H and O–H groups in total. The predicted molar refractivity (Wildman–Crippen MR) is 64.7 cm³/mol. The third-order valence-corrected chi connectivity index (χ3v) is 4.84. The normalized spacial score (nSPS) is 20.2. The Kier molecular flexibility index (Phi) is 2.90. The Morgan fingerprint density at radius 1 is 1.19 bits per heavy atom. The molecular weight excluding hydrogens is 224 g/mol. The SMILES string of the molecule is CCc1ccc(N2CCN(C)S2(=O)=O)cc1. The highest BCUT2D eigenvalue weighted by Crippen LogP contribution is 2.24. The van der Waals surface area contributed by atoms with Crippen molar-refractivity contribution in [3.8, 4) is 0 Å². The van der Waals surface area contributed by atoms with Crippen LogP contribution in [0.15, 0.2) is 24.3 Å². The van der Waals surface area contributed by atoms with Crippen molar-refractivity contribution in [3.05, 3.63) is 29.8 Å². The smallest absolute Gasteiger partial charge is 0.256 e. The van der Waals surface area contributed by atoms with Crippen molar-refractivity contribution in [2.75, 3.05) is 24.4 Å². The van der Waals surface area contributed by atoms with Crippen molar-refractivity contribution < 1.29 is 8.42 Å². The van der Waals surface area contributed by atoms with Gasteiger partial charge in [-0.3, -0.25) is 4.31 Å². The first-order valence-electron chi connectivity index (χ1n) is 5.38. The topological polar surface area (TPSA) is 40.6 Å². The second-order valence-corrected chi connectivity index (χ2v) is 5.88. The van der Waals surface area contributed by atoms with Gasteiger partial charge in [-0.1, -0.05) is 19.1 Å². The Balaban J connectivity index is 2.32. The van der Waals surface area contributed by atoms with Crippen molar-refractivity contribution in [3.63, 3.8) is 0 Å². The van der Waals surface area contributed by atoms with Crippen molar-refractivity contribution >= 4 is 15.9 Å². The van der Waals surface area contributed by atoms with E-state index in [0.29, 0.717) is 13.1 Å². The average Bonchev–Trinajstić information content (AvgIpc) is 2.54. The lowest BCUT2D eigenvalue weighted by molar-refractivity contribution is 0.511. The molecule has 4 nitrogen and oxygen atoms in total. The summed E-state index contributed by atoms with van der Waals surface area (Å²) in [7, 11) is -1.66. The first-order chi connectivity index (χ1) is 7.55. The molecule has 1 aliphatic rings. The third kappa shape index (κ3) is 1.81. The van der Waals surface area contributed by atoms with Crippen LogP contribution in [0, 0.1) is 0 Å². The van der Waals surface area contributed by atoms with E-state index in [4.69, 9.17) is 0 Å². The zero-order valence-electron chi connectivity index (χ0n) is 9.55. The van der Waals surface area contributed by atoms with Crippen LogP contribution >= 0.6 is 0 Å². The van der Waals surface area contributed by atoms with Gasteiger partial charge in [0, 0.05) is 20.1 Å². The monoisotopic (exact) mass is 240 g/mol. The lowest BCUT2D eigenvalue weighted by Gasteiger charge is -2.18. The van der Waals surface area contributed by atoms with E-state index in [9.17, 15) is 8.42 Å². The number of nitrogens with zero attached hydrogens (tertiary/aromatic N) is 2. The van der Waals surface area contributed by atoms with Crippen molar-refractivity contribution in [1.29, 1.82) is 0 Å². The number of anilines is 1. The molecular formula is C11H16N2O2S. The van der Waals surface area contributed by atoms with Gasteiger partial charge in [-0.15, -0.1) is 0 Å². The summed E-state index contributed by atoms with van der Waals surface area (Å²) < 4.78 is 26.6. The van der Waals surface area contributed by atoms with Crippen LogP contribution in [0.25, 0.3) is 0 Å². The molecule has 1 saturated heterocycles. The number of hydrogen-bond donors (Lipinski definition) is 0. The molecule has 2 rings (SSSR count). The molecule has 1 fully saturated rings. The van der Waals surface area contributed by atoms with E-state index in [1.54, 1.807) is 7.05 Å². The fourth-order valence-corrected chi connectivity index (χ4v) is 3.14. The molecule has 0 amide bonds. The molecule has 1 aliphatic heterocycles. The molecule has 0 radical (unpaired) electrons. The fraction of sp³-hybridized carbons (Fsp3) is 0.455. The van der Waals surface area contributed by atoms with E-state index in [1.807, 2.05) is 24.3 Å². The average molecular weight is 240 g/mol. The third-order valence-electron chi connectivity index (χ3n) is 2.92. The molecule has 0 spiro atoms. The van der Waals surface area contributed by atoms with Crippen molar-refractivity contribution in [2.24, 2.45) is 0 Å². The minimum atomic E-state index is -3.27. The summed E-state index contributed by atoms with van der Waals surface area (Å²) in [6.45, 7) is 3.16. The Morgan fingerprint density at radius 3 is 2.25 bits per heavy atom. The van der Waals surface area contributed by atoms with Crippen LogP contribution < -0.4 is 4.31 Å². The van der Waals surface area contributed by atoms with Crippen LogP contribution in [0.2, 0.25) is 0 Å². The van der Waals surface area contributed by atoms with Crippen LogP contribution in [-0.4, -0.2) is 32.9 Å². The molecule has 1 aromatic carbocycles. The van der Waals surface area contributed by atoms with Crippen LogP contribution in [0.3, 0.4) is 0 Å². The standard InChI is InChI=1S/C11H16N2O2S/c1-3-10-4-6-11(7-5-10)13-9-8-12(2)16(13,14)15/h4-7H,3,8-9H2,1-2H3. The van der Waals surface area contributed by atoms with E-state index < -0.39 is 10.2 Å². The van der Waals surface area contributed by atoms with Crippen LogP contribution in [0.5, 0.6) is 0 Å². The molecule has 1 heterocycles. The van der Waals surface area contributed by atoms with Gasteiger partial charge in [-0.05, 0) is 24.1 Å². The summed E-state index contributed by atoms with van der Waals surface area (Å²) in [4.78, 5) is 0. The largest absolute Gasteiger partial charge is 0.303 e. The number of benzene rings is 1. The maximum Gasteiger partial charge on any atom is 0.303 e. The van der Waals surface area contributed by atoms with Crippen LogP contribution in [0.4, 0.5) is 5.69 Å². The summed E-state index contributed by atoms with van der Waals surface area (Å²) in [5, 5.41) is 0. The number of hydrogen-bond acceptors (Lipinski definition) is 2. The zero-order chi connectivity index (χ0) is 11.8. The number of likely N-dealkylation sites (N-methyl/N-ethyl adjacent to an activating group) is 1. The zero-order valence-corrected chi connectivity index (χ0v) is 10.4. The highest BCUT2D eigenvalue weighted by atomic mass is 32.2. The minimum absolute atomic E-state index is 0.532. The van der Waals surface area contributed by atoms with Crippen molar-refractivity contribution in [1.82, 2.24) is 4.31 Å². The molecule has 1 aromatic rings. The lowest BCUT2D eigenvalue weighted by atomic mass is 10.1. The van der Waals surface area contributed by atoms with Gasteiger partial charge in [0.25, 0.3) is 0 Å². The van der Waals surface area contributed by atoms with E-state index in [0.717, 1.165) is 12.1 Å². The van der Waals surface area contributed by atoms with Crippen LogP contribution in [-0.2, 0) is 16.6 Å². The highest BCUT2D eigenvalue weighted by Gasteiger charge is 2.33. The van der Waals surface area contributed by atoms with Gasteiger partial charge in [0.2, 0.25) is 0 Å². The first kappa shape index (κ1) is 11.4. The van der Waals surface area contributed by atoms with Gasteiger partial charge in [0.05, 0.1) is 5.69 Å². The molecule has 88 valence electrons. The maximum atomic E-state index is 11.9. The van der Waals surface area contributed by atoms with Gasteiger partial charge in [0.1, 0.15) is 0 Å². The van der Waals surface area contributed by atoms with E-state index >= 15 is 0 Å². The highest BCUT2D eigenvalue weighted by molar-refractivity contribution is 7.90. The van der Waals surface area contributed by atoms with Gasteiger partial charge in [-0.2, -0.15) is 12.7 Å². The lowest BCUT2D eigenvalue weighted by Crippen LogP contribution is -2.30. The summed E-state index contributed by atoms with van der Waals surface area (Å²) in [5.74, 6) is 0. The predicted octanol–water partition coefficient (Wildman–Crippen LogP) is 1.25. The summed E-state index contributed by atoms with van der Waals surface area (Å²) >= 11 is 0. The Morgan fingerprint density at radius 2 is 1.81 bits per heavy atom. The summed E-state index contributed by atoms with van der Waals surface area (Å²) in [6.07, 6.45) is 0.965. The van der Waals surface area contributed by atoms with Crippen molar-refractivity contribution in [2.45, 2.75) is 13.3 Å². The van der Waals surface area contributed by atoms with Crippen LogP contribution in [0.1, 0.15) is 12.5 Å². The Hall–Kier alpha value is -1.07. The van der Waals surface area contributed by atoms with E-state index in [2.05, 4.69) is 6.92 Å². The Bertz CT molecular complexity index is 467. The molecule has 5 heteroatoms. The molecule has 0 aromatic heterocycles. The molecule has 0 bridgehead atoms. The summed E-state index contributed by atoms with van der Waals surface area (Å²) in [5.41, 5.74) is 1.97. The van der Waals surface area contributed by atoms with E-state index in [-0.39, 0.29) is 0 Å². The van der Waals surface area contributed by atoms with Gasteiger partial charge in [0.15, 0.2) is 0 Å². The second kappa shape index (κ2) is 4.07. The molecule has 16 heavy (non-hydrogen) atoms. The number of rotatable bonds is 2. The fourth-order valence-electron chi connectivity index (χ4n) is 1.79. The maximum absolute atomic E-state index is 11.9. The quantitative estimate of drug-likeness (QED) is 0.780. The van der Waals surface area contributed by atoms with Gasteiger partial charge < -0.3 is 0 Å².